The summed E-state index contributed by atoms with van der Waals surface area (Å²) in [7, 11) is 0. The van der Waals surface area contributed by atoms with Gasteiger partial charge in [-0.15, -0.1) is 0 Å². The molecule has 2 aromatic carbocycles. The van der Waals surface area contributed by atoms with Crippen molar-refractivity contribution >= 4 is 28.2 Å². The minimum atomic E-state index is -2.71. The number of carbonyl (C=O) groups is 3. The number of phenolic OH excluding ortho intramolecular Hbond substituents is 2. The fraction of sp³-hybridized carbons (Fsp3) is 0.333. The Morgan fingerprint density at radius 1 is 1.18 bits per heavy atom. The molecule has 1 amide bonds. The molecule has 39 heavy (non-hydrogen) atoms. The molecule has 6 rings (SSSR count). The van der Waals surface area contributed by atoms with E-state index in [1.54, 1.807) is 30.0 Å². The third-order valence-electron chi connectivity index (χ3n) is 8.07. The zero-order valence-electron chi connectivity index (χ0n) is 20.9. The van der Waals surface area contributed by atoms with Crippen molar-refractivity contribution in [2.75, 3.05) is 26.2 Å². The van der Waals surface area contributed by atoms with Crippen molar-refractivity contribution in [3.05, 3.63) is 52.4 Å². The topological polar surface area (TPSA) is 199 Å². The normalized spacial score (nSPS) is 25.6. The van der Waals surface area contributed by atoms with Crippen LogP contribution in [0.3, 0.4) is 0 Å². The predicted molar refractivity (Wildman–Crippen MR) is 136 cm³/mol. The van der Waals surface area contributed by atoms with E-state index >= 15 is 0 Å². The van der Waals surface area contributed by atoms with Gasteiger partial charge in [-0.2, -0.15) is 0 Å². The number of aliphatic hydroxyl groups excluding tert-OH is 1. The Hall–Kier alpha value is -4.26. The van der Waals surface area contributed by atoms with E-state index in [4.69, 9.17) is 10.3 Å². The van der Waals surface area contributed by atoms with Crippen molar-refractivity contribution in [2.45, 2.75) is 25.0 Å². The van der Waals surface area contributed by atoms with Crippen molar-refractivity contribution in [1.29, 1.82) is 0 Å². The van der Waals surface area contributed by atoms with Gasteiger partial charge in [0.05, 0.1) is 22.7 Å². The third-order valence-corrected chi connectivity index (χ3v) is 8.07. The molecule has 1 aromatic heterocycles. The summed E-state index contributed by atoms with van der Waals surface area (Å²) in [6.07, 6.45) is -0.109. The number of aromatic nitrogens is 1. The zero-order chi connectivity index (χ0) is 27.8. The van der Waals surface area contributed by atoms with Crippen LogP contribution in [-0.2, 0) is 16.0 Å². The molecule has 1 aliphatic heterocycles. The quantitative estimate of drug-likeness (QED) is 0.255. The van der Waals surface area contributed by atoms with Gasteiger partial charge in [0.15, 0.2) is 17.1 Å². The van der Waals surface area contributed by atoms with E-state index in [0.29, 0.717) is 54.1 Å². The second-order valence-corrected chi connectivity index (χ2v) is 10.2. The first kappa shape index (κ1) is 25.0. The number of hydrogen-bond donors (Lipinski definition) is 6. The van der Waals surface area contributed by atoms with Gasteiger partial charge >= 0.3 is 0 Å². The monoisotopic (exact) mass is 534 g/mol. The largest absolute Gasteiger partial charge is 0.508 e. The highest BCUT2D eigenvalue weighted by atomic mass is 16.5. The lowest BCUT2D eigenvalue weighted by Crippen LogP contribution is -2.67. The number of rotatable bonds is 3. The lowest BCUT2D eigenvalue weighted by atomic mass is 9.61. The van der Waals surface area contributed by atoms with Gasteiger partial charge in [0.2, 0.25) is 5.78 Å². The van der Waals surface area contributed by atoms with Crippen molar-refractivity contribution < 1.29 is 39.3 Å². The maximum absolute atomic E-state index is 14.0. The number of aromatic hydroxyl groups is 2. The minimum absolute atomic E-state index is 0.0696. The number of primary amides is 1. The molecule has 0 spiro atoms. The number of phenols is 2. The second-order valence-electron chi connectivity index (χ2n) is 10.2. The molecule has 2 aliphatic carbocycles. The number of nitrogens with two attached hydrogens (primary N) is 1. The van der Waals surface area contributed by atoms with Crippen LogP contribution in [0.5, 0.6) is 11.5 Å². The van der Waals surface area contributed by atoms with Gasteiger partial charge in [-0.1, -0.05) is 5.16 Å². The lowest BCUT2D eigenvalue weighted by Gasteiger charge is -2.49. The van der Waals surface area contributed by atoms with Crippen LogP contribution < -0.4 is 11.1 Å². The molecule has 1 saturated heterocycles. The number of aliphatic hydroxyl groups is 2. The molecular formula is C27H26N4O8. The summed E-state index contributed by atoms with van der Waals surface area (Å²) in [6, 6.07) is 5.06. The van der Waals surface area contributed by atoms with Gasteiger partial charge in [0.25, 0.3) is 5.91 Å². The molecule has 0 saturated carbocycles. The molecule has 12 nitrogen and oxygen atoms in total. The number of nitrogens with one attached hydrogen (secondary N) is 1. The highest BCUT2D eigenvalue weighted by molar-refractivity contribution is 6.25. The minimum Gasteiger partial charge on any atom is -0.508 e. The van der Waals surface area contributed by atoms with Crippen LogP contribution in [0.4, 0.5) is 0 Å². The Morgan fingerprint density at radius 3 is 2.54 bits per heavy atom. The standard InChI is InChI=1S/C27H26N4O8/c1-11-8-17(39-30-11)13-2-3-16(32)19-14(13)9-12-10-15-21(31-6-4-29-5-7-31)23(34)20(26(28)37)25(36)27(15,38)24(35)18(12)22(19)33/h2-3,8-9,15,21,29,32-33,36,38H,4-7,10H2,1H3,(H2,28,37)/t15-,21?,27-/m0/s1. The van der Waals surface area contributed by atoms with Crippen LogP contribution in [0, 0.1) is 12.8 Å². The number of aryl methyl sites for hydroxylation is 1. The summed E-state index contributed by atoms with van der Waals surface area (Å²) in [5.41, 5.74) is 2.96. The molecule has 2 heterocycles. The fourth-order valence-corrected chi connectivity index (χ4v) is 6.27. The third kappa shape index (κ3) is 3.42. The summed E-state index contributed by atoms with van der Waals surface area (Å²) >= 11 is 0. The zero-order valence-corrected chi connectivity index (χ0v) is 20.9. The summed E-state index contributed by atoms with van der Waals surface area (Å²) in [4.78, 5) is 41.6. The number of carbonyl (C=O) groups excluding carboxylic acids is 3. The molecule has 3 atom stereocenters. The van der Waals surface area contributed by atoms with E-state index in [1.807, 2.05) is 0 Å². The van der Waals surface area contributed by atoms with Crippen molar-refractivity contribution in [3.8, 4) is 22.8 Å². The maximum atomic E-state index is 14.0. The molecule has 0 radical (unpaired) electrons. The van der Waals surface area contributed by atoms with E-state index in [2.05, 4.69) is 10.5 Å². The van der Waals surface area contributed by atoms with E-state index in [9.17, 15) is 34.8 Å². The summed E-state index contributed by atoms with van der Waals surface area (Å²) in [5.74, 6) is -6.02. The van der Waals surface area contributed by atoms with E-state index in [1.165, 1.54) is 6.07 Å². The average Bonchev–Trinajstić information content (AvgIpc) is 3.32. The van der Waals surface area contributed by atoms with Gasteiger partial charge in [-0.25, -0.2) is 0 Å². The van der Waals surface area contributed by atoms with E-state index in [0.717, 1.165) is 0 Å². The lowest BCUT2D eigenvalue weighted by molar-refractivity contribution is -0.134. The summed E-state index contributed by atoms with van der Waals surface area (Å²) in [6.45, 7) is 3.59. The maximum Gasteiger partial charge on any atom is 0.255 e. The number of ketones is 2. The van der Waals surface area contributed by atoms with Gasteiger partial charge in [-0.05, 0) is 37.1 Å². The van der Waals surface area contributed by atoms with Gasteiger partial charge in [0, 0.05) is 49.1 Å². The van der Waals surface area contributed by atoms with E-state index in [-0.39, 0.29) is 23.1 Å². The smallest absolute Gasteiger partial charge is 0.255 e. The molecule has 7 N–H and O–H groups in total. The summed E-state index contributed by atoms with van der Waals surface area (Å²) in [5, 5.41) is 52.3. The predicted octanol–water partition coefficient (Wildman–Crippen LogP) is 0.454. The number of fused-ring (bicyclic) bond motifs is 3. The first-order chi connectivity index (χ1) is 18.6. The molecular weight excluding hydrogens is 508 g/mol. The Morgan fingerprint density at radius 2 is 1.90 bits per heavy atom. The molecule has 0 bridgehead atoms. The number of benzene rings is 2. The average molecular weight is 535 g/mol. The molecule has 1 fully saturated rings. The Labute approximate surface area is 221 Å². The van der Waals surface area contributed by atoms with Crippen molar-refractivity contribution in [3.63, 3.8) is 0 Å². The van der Waals surface area contributed by atoms with Gasteiger partial charge < -0.3 is 36.0 Å². The molecule has 202 valence electrons. The van der Waals surface area contributed by atoms with Gasteiger partial charge in [-0.3, -0.25) is 19.3 Å². The SMILES string of the molecule is Cc1cc(-c2ccc(O)c3c(O)c4c(cc23)C[C@H]2C(N3CCNCC3)C(=O)C(C(N)=O)=C(O)[C@@]2(O)C4=O)on1. The van der Waals surface area contributed by atoms with Crippen molar-refractivity contribution in [1.82, 2.24) is 15.4 Å². The van der Waals surface area contributed by atoms with Crippen LogP contribution in [0.1, 0.15) is 21.6 Å². The van der Waals surface area contributed by atoms with E-state index < -0.39 is 52.1 Å². The molecule has 1 unspecified atom stereocenters. The highest BCUT2D eigenvalue weighted by Gasteiger charge is 2.62. The number of hydrogen-bond acceptors (Lipinski definition) is 11. The highest BCUT2D eigenvalue weighted by Crippen LogP contribution is 2.51. The fourth-order valence-electron chi connectivity index (χ4n) is 6.27. The van der Waals surface area contributed by atoms with Crippen LogP contribution >= 0.6 is 0 Å². The first-order valence-corrected chi connectivity index (χ1v) is 12.5. The number of nitrogens with zero attached hydrogens (tertiary/aromatic N) is 2. The first-order valence-electron chi connectivity index (χ1n) is 12.5. The summed E-state index contributed by atoms with van der Waals surface area (Å²) < 4.78 is 5.40. The Bertz CT molecular complexity index is 1620. The van der Waals surface area contributed by atoms with Gasteiger partial charge in [0.1, 0.15) is 22.8 Å². The van der Waals surface area contributed by atoms with Crippen LogP contribution in [0.2, 0.25) is 0 Å². The van der Waals surface area contributed by atoms with Crippen LogP contribution in [0.15, 0.2) is 40.1 Å². The molecule has 3 aromatic rings. The van der Waals surface area contributed by atoms with Crippen LogP contribution in [0.25, 0.3) is 22.1 Å². The number of piperazine rings is 1. The van der Waals surface area contributed by atoms with Crippen molar-refractivity contribution in [2.24, 2.45) is 11.7 Å². The Kier molecular flexibility index (Phi) is 5.54. The Balaban J connectivity index is 1.61. The van der Waals surface area contributed by atoms with Crippen LogP contribution in [-0.4, -0.2) is 85.8 Å². The second kappa shape index (κ2) is 8.63. The molecule has 3 aliphatic rings. The number of amides is 1. The molecule has 12 heteroatoms. The number of Topliss-reactive ketones (excluding diaryl/α,β-unsaturated/α-hetero) is 2.